The van der Waals surface area contributed by atoms with Crippen molar-refractivity contribution in [3.05, 3.63) is 60.2 Å². The highest BCUT2D eigenvalue weighted by Gasteiger charge is 2.25. The van der Waals surface area contributed by atoms with Gasteiger partial charge >= 0.3 is 0 Å². The first-order chi connectivity index (χ1) is 12.1. The van der Waals surface area contributed by atoms with Crippen LogP contribution in [-0.4, -0.2) is 29.9 Å². The molecule has 1 aromatic heterocycles. The summed E-state index contributed by atoms with van der Waals surface area (Å²) < 4.78 is 13.2. The quantitative estimate of drug-likeness (QED) is 0.790. The molecule has 128 valence electrons. The molecule has 3 rings (SSSR count). The maximum Gasteiger partial charge on any atom is 0.251 e. The lowest BCUT2D eigenvalue weighted by molar-refractivity contribution is -0.116. The molecule has 0 radical (unpaired) electrons. The van der Waals surface area contributed by atoms with E-state index >= 15 is 0 Å². The van der Waals surface area contributed by atoms with Crippen LogP contribution in [0.4, 0.5) is 15.8 Å². The van der Waals surface area contributed by atoms with Gasteiger partial charge in [0.15, 0.2) is 0 Å². The Kier molecular flexibility index (Phi) is 4.88. The van der Waals surface area contributed by atoms with E-state index in [2.05, 4.69) is 4.98 Å². The molecule has 1 aromatic carbocycles. The van der Waals surface area contributed by atoms with E-state index in [0.717, 1.165) is 11.9 Å². The topological polar surface area (TPSA) is 53.5 Å². The number of fused-ring (bicyclic) bond motifs is 1. The number of hydrogen-bond acceptors (Lipinski definition) is 3. The lowest BCUT2D eigenvalue weighted by Gasteiger charge is -2.24. The summed E-state index contributed by atoms with van der Waals surface area (Å²) in [6.07, 6.45) is 6.21. The summed E-state index contributed by atoms with van der Waals surface area (Å²) in [6.45, 7) is 2.59. The molecule has 2 amide bonds. The van der Waals surface area contributed by atoms with E-state index < -0.39 is 5.82 Å². The van der Waals surface area contributed by atoms with E-state index in [1.165, 1.54) is 31.3 Å². The molecule has 0 aliphatic carbocycles. The van der Waals surface area contributed by atoms with Gasteiger partial charge in [0.1, 0.15) is 5.82 Å². The third-order valence-electron chi connectivity index (χ3n) is 4.02. The molecule has 1 aliphatic rings. The molecule has 2 aromatic rings. The molecule has 0 unspecified atom stereocenters. The fourth-order valence-corrected chi connectivity index (χ4v) is 2.88. The Morgan fingerprint density at radius 1 is 1.12 bits per heavy atom. The Morgan fingerprint density at radius 2 is 1.80 bits per heavy atom. The summed E-state index contributed by atoms with van der Waals surface area (Å²) in [5.41, 5.74) is 1.94. The van der Waals surface area contributed by atoms with E-state index in [1.54, 1.807) is 9.80 Å². The molecule has 0 saturated heterocycles. The molecule has 0 saturated carbocycles. The van der Waals surface area contributed by atoms with Crippen LogP contribution in [-0.2, 0) is 9.59 Å². The number of hydrogen-bond donors (Lipinski definition) is 0. The van der Waals surface area contributed by atoms with Gasteiger partial charge in [-0.2, -0.15) is 0 Å². The average Bonchev–Trinajstić information content (AvgIpc) is 2.79. The average molecular weight is 339 g/mol. The number of anilines is 2. The Balaban J connectivity index is 1.89. The van der Waals surface area contributed by atoms with Crippen LogP contribution in [0.1, 0.15) is 18.9 Å². The zero-order valence-corrected chi connectivity index (χ0v) is 13.9. The number of benzene rings is 1. The molecule has 2 heterocycles. The molecule has 25 heavy (non-hydrogen) atoms. The largest absolute Gasteiger partial charge is 0.311 e. The van der Waals surface area contributed by atoms with Gasteiger partial charge in [-0.3, -0.25) is 14.6 Å². The van der Waals surface area contributed by atoms with Crippen LogP contribution in [0.15, 0.2) is 48.8 Å². The van der Waals surface area contributed by atoms with E-state index in [4.69, 9.17) is 0 Å². The van der Waals surface area contributed by atoms with Crippen LogP contribution in [0, 0.1) is 5.82 Å². The van der Waals surface area contributed by atoms with Gasteiger partial charge < -0.3 is 9.80 Å². The van der Waals surface area contributed by atoms with Crippen molar-refractivity contribution >= 4 is 29.3 Å². The second kappa shape index (κ2) is 7.25. The predicted octanol–water partition coefficient (Wildman–Crippen LogP) is 3.02. The highest BCUT2D eigenvalue weighted by atomic mass is 19.1. The van der Waals surface area contributed by atoms with Gasteiger partial charge in [0, 0.05) is 32.3 Å². The molecule has 0 fully saturated rings. The number of aromatic nitrogens is 1. The number of amides is 2. The van der Waals surface area contributed by atoms with Crippen molar-refractivity contribution in [2.45, 2.75) is 13.3 Å². The minimum absolute atomic E-state index is 0.0527. The zero-order valence-electron chi connectivity index (χ0n) is 13.9. The summed E-state index contributed by atoms with van der Waals surface area (Å²) in [6, 6.07) is 8.65. The summed E-state index contributed by atoms with van der Waals surface area (Å²) in [7, 11) is 0. The monoisotopic (exact) mass is 339 g/mol. The molecule has 1 aliphatic heterocycles. The van der Waals surface area contributed by atoms with Crippen molar-refractivity contribution < 1.29 is 14.0 Å². The number of halogens is 1. The Bertz CT molecular complexity index is 835. The molecule has 0 N–H and O–H groups in total. The van der Waals surface area contributed by atoms with E-state index in [0.29, 0.717) is 30.8 Å². The van der Waals surface area contributed by atoms with Crippen LogP contribution >= 0.6 is 0 Å². The van der Waals surface area contributed by atoms with Gasteiger partial charge in [-0.05, 0) is 36.3 Å². The van der Waals surface area contributed by atoms with Crippen LogP contribution in [0.5, 0.6) is 0 Å². The smallest absolute Gasteiger partial charge is 0.251 e. The standard InChI is InChI=1S/C19H18FN3O2/c1-14(24)22-9-4-10-23(18-6-3-2-5-17(18)22)19(25)8-7-15-11-16(20)13-21-12-15/h2-3,5-8,11-13H,4,9-10H2,1H3/b8-7+. The van der Waals surface area contributed by atoms with Gasteiger partial charge in [-0.15, -0.1) is 0 Å². The minimum Gasteiger partial charge on any atom is -0.311 e. The maximum absolute atomic E-state index is 13.2. The van der Waals surface area contributed by atoms with Crippen molar-refractivity contribution in [2.75, 3.05) is 22.9 Å². The molecule has 6 heteroatoms. The van der Waals surface area contributed by atoms with Crippen LogP contribution in [0.3, 0.4) is 0 Å². The summed E-state index contributed by atoms with van der Waals surface area (Å²) in [4.78, 5) is 31.7. The number of carbonyl (C=O) groups is 2. The highest BCUT2D eigenvalue weighted by Crippen LogP contribution is 2.32. The SMILES string of the molecule is CC(=O)N1CCCN(C(=O)/C=C/c2cncc(F)c2)c2ccccc21. The predicted molar refractivity (Wildman–Crippen MR) is 94.7 cm³/mol. The third-order valence-corrected chi connectivity index (χ3v) is 4.02. The van der Waals surface area contributed by atoms with Gasteiger partial charge in [-0.1, -0.05) is 12.1 Å². The van der Waals surface area contributed by atoms with Crippen molar-refractivity contribution in [2.24, 2.45) is 0 Å². The number of rotatable bonds is 2. The fraction of sp³-hybridized carbons (Fsp3) is 0.211. The molecular formula is C19H18FN3O2. The van der Waals surface area contributed by atoms with Crippen molar-refractivity contribution in [3.63, 3.8) is 0 Å². The minimum atomic E-state index is -0.452. The Morgan fingerprint density at radius 3 is 2.48 bits per heavy atom. The van der Waals surface area contributed by atoms with Crippen LogP contribution < -0.4 is 9.80 Å². The van der Waals surface area contributed by atoms with E-state index in [-0.39, 0.29) is 11.8 Å². The molecule has 0 atom stereocenters. The van der Waals surface area contributed by atoms with E-state index in [9.17, 15) is 14.0 Å². The number of para-hydroxylation sites is 2. The molecule has 0 spiro atoms. The van der Waals surface area contributed by atoms with Gasteiger partial charge in [0.05, 0.1) is 17.6 Å². The van der Waals surface area contributed by atoms with Gasteiger partial charge in [0.25, 0.3) is 5.91 Å². The lowest BCUT2D eigenvalue weighted by atomic mass is 10.2. The highest BCUT2D eigenvalue weighted by molar-refractivity contribution is 6.07. The molecule has 0 bridgehead atoms. The second-order valence-electron chi connectivity index (χ2n) is 5.77. The number of nitrogens with zero attached hydrogens (tertiary/aromatic N) is 3. The summed E-state index contributed by atoms with van der Waals surface area (Å²) >= 11 is 0. The Hall–Kier alpha value is -3.02. The van der Waals surface area contributed by atoms with Crippen LogP contribution in [0.2, 0.25) is 0 Å². The first kappa shape index (κ1) is 16.8. The molecular weight excluding hydrogens is 321 g/mol. The zero-order chi connectivity index (χ0) is 17.8. The number of carbonyl (C=O) groups excluding carboxylic acids is 2. The Labute approximate surface area is 145 Å². The molecule has 5 nitrogen and oxygen atoms in total. The second-order valence-corrected chi connectivity index (χ2v) is 5.77. The third kappa shape index (κ3) is 3.74. The van der Waals surface area contributed by atoms with Crippen LogP contribution in [0.25, 0.3) is 6.08 Å². The van der Waals surface area contributed by atoms with Crippen molar-refractivity contribution in [1.29, 1.82) is 0 Å². The summed E-state index contributed by atoms with van der Waals surface area (Å²) in [5.74, 6) is -0.725. The number of pyridine rings is 1. The van der Waals surface area contributed by atoms with E-state index in [1.807, 2.05) is 24.3 Å². The maximum atomic E-state index is 13.2. The summed E-state index contributed by atoms with van der Waals surface area (Å²) in [5, 5.41) is 0. The van der Waals surface area contributed by atoms with Crippen molar-refractivity contribution in [3.8, 4) is 0 Å². The lowest BCUT2D eigenvalue weighted by Crippen LogP contribution is -2.29. The normalized spacial score (nSPS) is 14.3. The van der Waals surface area contributed by atoms with Crippen molar-refractivity contribution in [1.82, 2.24) is 4.98 Å². The first-order valence-electron chi connectivity index (χ1n) is 8.03. The first-order valence-corrected chi connectivity index (χ1v) is 8.03. The fourth-order valence-electron chi connectivity index (χ4n) is 2.88. The van der Waals surface area contributed by atoms with Gasteiger partial charge in [0.2, 0.25) is 5.91 Å². The van der Waals surface area contributed by atoms with Gasteiger partial charge in [-0.25, -0.2) is 4.39 Å².